The smallest absolute Gasteiger partial charge is 0.420 e. The number of hydrogen-bond acceptors (Lipinski definition) is 5. The lowest BCUT2D eigenvalue weighted by Crippen LogP contribution is -2.09. The molecule has 45 heavy (non-hydrogen) atoms. The Hall–Kier alpha value is -4.22. The average molecular weight is 634 g/mol. The van der Waals surface area contributed by atoms with Crippen molar-refractivity contribution in [3.05, 3.63) is 111 Å². The number of rotatable bonds is 10. The van der Waals surface area contributed by atoms with Crippen molar-refractivity contribution >= 4 is 5.69 Å². The Morgan fingerprint density at radius 3 is 1.49 bits per heavy atom. The largest absolute Gasteiger partial charge is 0.456 e. The fourth-order valence-corrected chi connectivity index (χ4v) is 5.15. The Kier molecular flexibility index (Phi) is 10.0. The van der Waals surface area contributed by atoms with E-state index in [1.165, 1.54) is 32.4 Å². The van der Waals surface area contributed by atoms with Crippen LogP contribution in [0.15, 0.2) is 60.7 Å². The molecule has 0 aliphatic rings. The second-order valence-corrected chi connectivity index (χ2v) is 10.8. The summed E-state index contributed by atoms with van der Waals surface area (Å²) in [7, 11) is 2.94. The van der Waals surface area contributed by atoms with Crippen LogP contribution in [0.5, 0.6) is 23.0 Å². The topological polar surface area (TPSA) is 62.9 Å². The summed E-state index contributed by atoms with van der Waals surface area (Å²) in [5.74, 6) is -0.206. The molecule has 0 radical (unpaired) electrons. The van der Waals surface area contributed by atoms with Gasteiger partial charge in [-0.05, 0) is 91.9 Å². The number of methoxy groups -OCH3 is 2. The highest BCUT2D eigenvalue weighted by atomic mass is 19.4. The maximum atomic E-state index is 13.8. The van der Waals surface area contributed by atoms with E-state index in [1.54, 1.807) is 45.0 Å². The highest BCUT2D eigenvalue weighted by Crippen LogP contribution is 2.43. The number of aryl methyl sites for hydroxylation is 3. The normalized spacial score (nSPS) is 12.0. The Balaban J connectivity index is 1.69. The second-order valence-electron chi connectivity index (χ2n) is 10.8. The van der Waals surface area contributed by atoms with Gasteiger partial charge in [-0.3, -0.25) is 0 Å². The van der Waals surface area contributed by atoms with Crippen LogP contribution in [-0.4, -0.2) is 14.2 Å². The van der Waals surface area contributed by atoms with Gasteiger partial charge in [0.2, 0.25) is 0 Å². The number of benzene rings is 4. The van der Waals surface area contributed by atoms with Gasteiger partial charge in [0, 0.05) is 31.0 Å². The maximum Gasteiger partial charge on any atom is 0.420 e. The molecule has 2 N–H and O–H groups in total. The number of alkyl halides is 6. The summed E-state index contributed by atoms with van der Waals surface area (Å²) in [6.07, 6.45) is -8.89. The molecule has 4 aromatic rings. The van der Waals surface area contributed by atoms with Gasteiger partial charge < -0.3 is 24.7 Å². The van der Waals surface area contributed by atoms with Crippen LogP contribution < -0.4 is 15.2 Å². The van der Waals surface area contributed by atoms with Crippen LogP contribution in [0.4, 0.5) is 32.0 Å². The van der Waals surface area contributed by atoms with Gasteiger partial charge in [-0.15, -0.1) is 0 Å². The van der Waals surface area contributed by atoms with Crippen LogP contribution in [0.3, 0.4) is 0 Å². The summed E-state index contributed by atoms with van der Waals surface area (Å²) in [4.78, 5) is 0. The molecule has 0 heterocycles. The molecule has 240 valence electrons. The lowest BCUT2D eigenvalue weighted by atomic mass is 9.96. The van der Waals surface area contributed by atoms with Crippen molar-refractivity contribution in [3.8, 4) is 23.0 Å². The Bertz CT molecular complexity index is 1560. The average Bonchev–Trinajstić information content (AvgIpc) is 2.93. The summed E-state index contributed by atoms with van der Waals surface area (Å²) in [6, 6.07) is 14.4. The van der Waals surface area contributed by atoms with E-state index in [1.807, 2.05) is 6.07 Å². The zero-order valence-electron chi connectivity index (χ0n) is 25.4. The van der Waals surface area contributed by atoms with Gasteiger partial charge in [-0.2, -0.15) is 26.3 Å². The van der Waals surface area contributed by atoms with Crippen molar-refractivity contribution in [2.45, 2.75) is 52.8 Å². The first kappa shape index (κ1) is 33.7. The highest BCUT2D eigenvalue weighted by Gasteiger charge is 2.36. The molecule has 5 nitrogen and oxygen atoms in total. The molecule has 0 bridgehead atoms. The standard InChI is InChI=1S/C34H33F6NO4/c1-19-6-8-29(27(10-19)33(35,36)37)44-31-20(2)11-22(14-24(31)17-42-4)13-23-12-21(3)32(25(15-23)18-43-5)45-30-9-7-26(41)16-28(30)34(38,39)40/h6-12,14-16H,13,17-18,41H2,1-5H3. The van der Waals surface area contributed by atoms with E-state index in [9.17, 15) is 26.3 Å². The Morgan fingerprint density at radius 1 is 0.600 bits per heavy atom. The third-order valence-electron chi connectivity index (χ3n) is 7.00. The number of halogens is 6. The fourth-order valence-electron chi connectivity index (χ4n) is 5.15. The van der Waals surface area contributed by atoms with Crippen LogP contribution in [-0.2, 0) is 41.5 Å². The Labute approximate surface area is 257 Å². The van der Waals surface area contributed by atoms with Crippen LogP contribution in [0.2, 0.25) is 0 Å². The third-order valence-corrected chi connectivity index (χ3v) is 7.00. The van der Waals surface area contributed by atoms with Gasteiger partial charge in [0.1, 0.15) is 28.6 Å². The van der Waals surface area contributed by atoms with E-state index < -0.39 is 23.5 Å². The van der Waals surface area contributed by atoms with E-state index in [-0.39, 0.29) is 41.9 Å². The highest BCUT2D eigenvalue weighted by molar-refractivity contribution is 5.54. The van der Waals surface area contributed by atoms with Crippen LogP contribution >= 0.6 is 0 Å². The van der Waals surface area contributed by atoms with Gasteiger partial charge in [-0.1, -0.05) is 23.8 Å². The molecule has 0 aliphatic carbocycles. The molecule has 0 saturated heterocycles. The monoisotopic (exact) mass is 633 g/mol. The molecule has 4 aromatic carbocycles. The van der Waals surface area contributed by atoms with E-state index in [4.69, 9.17) is 24.7 Å². The molecule has 0 spiro atoms. The Morgan fingerprint density at radius 2 is 1.04 bits per heavy atom. The molecule has 0 unspecified atom stereocenters. The second kappa shape index (κ2) is 13.4. The molecule has 4 rings (SSSR count). The first-order valence-electron chi connectivity index (χ1n) is 13.8. The number of nitrogen functional groups attached to an aromatic ring is 1. The van der Waals surface area contributed by atoms with E-state index >= 15 is 0 Å². The quantitative estimate of drug-likeness (QED) is 0.139. The lowest BCUT2D eigenvalue weighted by molar-refractivity contribution is -0.139. The molecular formula is C34H33F6NO4. The molecule has 0 aromatic heterocycles. The minimum Gasteiger partial charge on any atom is -0.456 e. The predicted octanol–water partition coefficient (Wildman–Crippen LogP) is 9.70. The number of hydrogen-bond donors (Lipinski definition) is 1. The summed E-state index contributed by atoms with van der Waals surface area (Å²) in [6.45, 7) is 5.19. The van der Waals surface area contributed by atoms with Gasteiger partial charge in [0.05, 0.1) is 18.8 Å². The van der Waals surface area contributed by atoms with Crippen molar-refractivity contribution in [1.29, 1.82) is 0 Å². The molecule has 0 atom stereocenters. The molecular weight excluding hydrogens is 600 g/mol. The summed E-state index contributed by atoms with van der Waals surface area (Å²) in [5, 5.41) is 0. The number of nitrogens with two attached hydrogens (primary N) is 1. The summed E-state index contributed by atoms with van der Waals surface area (Å²) in [5.41, 5.74) is 8.04. The summed E-state index contributed by atoms with van der Waals surface area (Å²) < 4.78 is 105. The van der Waals surface area contributed by atoms with Crippen LogP contribution in [0, 0.1) is 20.8 Å². The fraction of sp³-hybridized carbons (Fsp3) is 0.294. The number of ether oxygens (including phenoxy) is 4. The van der Waals surface area contributed by atoms with Crippen LogP contribution in [0.25, 0.3) is 0 Å². The van der Waals surface area contributed by atoms with E-state index in [0.29, 0.717) is 34.2 Å². The zero-order valence-corrected chi connectivity index (χ0v) is 25.4. The molecule has 0 saturated carbocycles. The first-order chi connectivity index (χ1) is 21.1. The number of anilines is 1. The predicted molar refractivity (Wildman–Crippen MR) is 159 cm³/mol. The molecule has 11 heteroatoms. The minimum absolute atomic E-state index is 0.0435. The molecule has 0 amide bonds. The molecule has 0 fully saturated rings. The zero-order chi connectivity index (χ0) is 33.1. The lowest BCUT2D eigenvalue weighted by Gasteiger charge is -2.20. The van der Waals surface area contributed by atoms with Crippen molar-refractivity contribution in [1.82, 2.24) is 0 Å². The van der Waals surface area contributed by atoms with Gasteiger partial charge in [0.15, 0.2) is 0 Å². The van der Waals surface area contributed by atoms with Crippen molar-refractivity contribution in [2.75, 3.05) is 20.0 Å². The van der Waals surface area contributed by atoms with Gasteiger partial charge >= 0.3 is 12.4 Å². The van der Waals surface area contributed by atoms with Crippen LogP contribution in [0.1, 0.15) is 50.1 Å². The van der Waals surface area contributed by atoms with Crippen molar-refractivity contribution in [3.63, 3.8) is 0 Å². The molecule has 0 aliphatic heterocycles. The van der Waals surface area contributed by atoms with Crippen molar-refractivity contribution in [2.24, 2.45) is 0 Å². The van der Waals surface area contributed by atoms with Crippen molar-refractivity contribution < 1.29 is 45.3 Å². The summed E-state index contributed by atoms with van der Waals surface area (Å²) >= 11 is 0. The van der Waals surface area contributed by atoms with E-state index in [0.717, 1.165) is 23.3 Å². The third kappa shape index (κ3) is 8.09. The van der Waals surface area contributed by atoms with Gasteiger partial charge in [0.25, 0.3) is 0 Å². The maximum absolute atomic E-state index is 13.8. The SMILES string of the molecule is COCc1cc(Cc2cc(C)c(Oc3ccc(N)cc3C(F)(F)F)c(COC)c2)cc(C)c1Oc1ccc(C)cc1C(F)(F)F. The van der Waals surface area contributed by atoms with E-state index in [2.05, 4.69) is 0 Å². The minimum atomic E-state index is -4.68. The van der Waals surface area contributed by atoms with Gasteiger partial charge in [-0.25, -0.2) is 0 Å². The first-order valence-corrected chi connectivity index (χ1v) is 13.8.